The first kappa shape index (κ1) is 28.5. The highest BCUT2D eigenvalue weighted by atomic mass is 35.5. The molecule has 8 nitrogen and oxygen atoms in total. The summed E-state index contributed by atoms with van der Waals surface area (Å²) in [7, 11) is -2.39. The number of methoxy groups -OCH3 is 1. The van der Waals surface area contributed by atoms with Crippen LogP contribution in [0.25, 0.3) is 0 Å². The molecule has 10 heteroatoms. The topological polar surface area (TPSA) is 96.0 Å². The number of ether oxygens (including phenoxy) is 1. The summed E-state index contributed by atoms with van der Waals surface area (Å²) in [5.41, 5.74) is 2.04. The van der Waals surface area contributed by atoms with Crippen LogP contribution in [0.4, 0.5) is 5.69 Å². The Balaban J connectivity index is 2.43. The van der Waals surface area contributed by atoms with Crippen LogP contribution in [0.5, 0.6) is 5.75 Å². The Hall–Kier alpha value is -2.78. The lowest BCUT2D eigenvalue weighted by molar-refractivity contribution is -0.139. The van der Waals surface area contributed by atoms with E-state index in [1.165, 1.54) is 30.2 Å². The van der Waals surface area contributed by atoms with Crippen LogP contribution < -0.4 is 14.4 Å². The number of hydrogen-bond donors (Lipinski definition) is 1. The summed E-state index contributed by atoms with van der Waals surface area (Å²) < 4.78 is 31.4. The predicted molar refractivity (Wildman–Crippen MR) is 139 cm³/mol. The van der Waals surface area contributed by atoms with Gasteiger partial charge in [0.05, 0.1) is 24.1 Å². The number of nitrogens with zero attached hydrogens (tertiary/aromatic N) is 2. The lowest BCUT2D eigenvalue weighted by atomic mass is 10.1. The highest BCUT2D eigenvalue weighted by Crippen LogP contribution is 2.30. The average Bonchev–Trinajstić information content (AvgIpc) is 2.80. The standard InChI is InChI=1S/C25H34ClN3O5S/c1-7-18(3)27-25(31)19(4)28(15-20-11-9-8-10-17(20)2)24(30)16-29(35(6,32)33)21-12-13-23(34-5)22(26)14-21/h8-14,18-19H,7,15-16H2,1-6H3,(H,27,31)/t18-,19+/m1/s1. The van der Waals surface area contributed by atoms with Crippen molar-refractivity contribution in [1.29, 1.82) is 0 Å². The molecule has 0 aliphatic carbocycles. The smallest absolute Gasteiger partial charge is 0.244 e. The zero-order valence-electron chi connectivity index (χ0n) is 21.0. The van der Waals surface area contributed by atoms with E-state index < -0.39 is 28.5 Å². The van der Waals surface area contributed by atoms with Crippen LogP contribution in [0, 0.1) is 6.92 Å². The number of benzene rings is 2. The van der Waals surface area contributed by atoms with E-state index in [9.17, 15) is 18.0 Å². The molecular weight excluding hydrogens is 490 g/mol. The number of carbonyl (C=O) groups excluding carboxylic acids is 2. The lowest BCUT2D eigenvalue weighted by Crippen LogP contribution is -2.52. The van der Waals surface area contributed by atoms with Gasteiger partial charge < -0.3 is 15.0 Å². The minimum Gasteiger partial charge on any atom is -0.495 e. The lowest BCUT2D eigenvalue weighted by Gasteiger charge is -2.32. The molecule has 0 saturated heterocycles. The van der Waals surface area contributed by atoms with E-state index in [4.69, 9.17) is 16.3 Å². The molecule has 0 unspecified atom stereocenters. The van der Waals surface area contributed by atoms with Gasteiger partial charge in [0.15, 0.2) is 0 Å². The summed E-state index contributed by atoms with van der Waals surface area (Å²) in [5, 5.41) is 3.12. The molecule has 0 bridgehead atoms. The number of anilines is 1. The van der Waals surface area contributed by atoms with Gasteiger partial charge in [-0.3, -0.25) is 13.9 Å². The van der Waals surface area contributed by atoms with Crippen LogP contribution in [0.3, 0.4) is 0 Å². The van der Waals surface area contributed by atoms with Gasteiger partial charge in [-0.25, -0.2) is 8.42 Å². The summed E-state index contributed by atoms with van der Waals surface area (Å²) in [6.07, 6.45) is 1.76. The van der Waals surface area contributed by atoms with Crippen molar-refractivity contribution in [1.82, 2.24) is 10.2 Å². The predicted octanol–water partition coefficient (Wildman–Crippen LogP) is 3.76. The summed E-state index contributed by atoms with van der Waals surface area (Å²) in [5.74, 6) is -0.441. The van der Waals surface area contributed by atoms with Gasteiger partial charge in [-0.05, 0) is 56.5 Å². The van der Waals surface area contributed by atoms with Gasteiger partial charge in [-0.2, -0.15) is 0 Å². The fraction of sp³-hybridized carbons (Fsp3) is 0.440. The van der Waals surface area contributed by atoms with E-state index in [0.717, 1.165) is 28.1 Å². The van der Waals surface area contributed by atoms with Crippen LogP contribution in [-0.2, 0) is 26.2 Å². The van der Waals surface area contributed by atoms with E-state index in [1.54, 1.807) is 6.92 Å². The van der Waals surface area contributed by atoms with Crippen LogP contribution in [0.15, 0.2) is 42.5 Å². The number of hydrogen-bond acceptors (Lipinski definition) is 5. The molecule has 0 heterocycles. The Morgan fingerprint density at radius 1 is 1.14 bits per heavy atom. The maximum absolute atomic E-state index is 13.6. The van der Waals surface area contributed by atoms with Crippen LogP contribution in [0.1, 0.15) is 38.3 Å². The third-order valence-corrected chi connectivity index (χ3v) is 7.31. The monoisotopic (exact) mass is 523 g/mol. The van der Waals surface area contributed by atoms with Crippen molar-refractivity contribution in [2.45, 2.75) is 52.7 Å². The Bertz CT molecular complexity index is 1160. The molecule has 0 aliphatic heterocycles. The molecule has 2 aromatic carbocycles. The van der Waals surface area contributed by atoms with Crippen LogP contribution in [-0.4, -0.2) is 57.1 Å². The number of rotatable bonds is 11. The second-order valence-corrected chi connectivity index (χ2v) is 10.8. The maximum Gasteiger partial charge on any atom is 0.244 e. The van der Waals surface area contributed by atoms with Crippen molar-refractivity contribution in [3.63, 3.8) is 0 Å². The number of aryl methyl sites for hydroxylation is 1. The SMILES string of the molecule is CC[C@@H](C)NC(=O)[C@H](C)N(Cc1ccccc1C)C(=O)CN(c1ccc(OC)c(Cl)c1)S(C)(=O)=O. The third-order valence-electron chi connectivity index (χ3n) is 5.87. The van der Waals surface area contributed by atoms with Gasteiger partial charge >= 0.3 is 0 Å². The highest BCUT2D eigenvalue weighted by molar-refractivity contribution is 7.92. The Kier molecular flexibility index (Phi) is 9.97. The molecule has 2 atom stereocenters. The molecule has 2 aromatic rings. The fourth-order valence-corrected chi connectivity index (χ4v) is 4.54. The summed E-state index contributed by atoms with van der Waals surface area (Å²) in [6, 6.07) is 11.2. The average molecular weight is 524 g/mol. The van der Waals surface area contributed by atoms with E-state index >= 15 is 0 Å². The number of halogens is 1. The van der Waals surface area contributed by atoms with Crippen LogP contribution >= 0.6 is 11.6 Å². The largest absolute Gasteiger partial charge is 0.495 e. The molecule has 2 rings (SSSR count). The van der Waals surface area contributed by atoms with Crippen molar-refractivity contribution in [3.05, 3.63) is 58.6 Å². The summed E-state index contributed by atoms with van der Waals surface area (Å²) in [4.78, 5) is 27.9. The molecule has 2 amide bonds. The number of amides is 2. The van der Waals surface area contributed by atoms with E-state index in [2.05, 4.69) is 5.32 Å². The molecule has 0 spiro atoms. The van der Waals surface area contributed by atoms with Gasteiger partial charge in [-0.1, -0.05) is 42.8 Å². The third kappa shape index (κ3) is 7.60. The van der Waals surface area contributed by atoms with Crippen molar-refractivity contribution in [3.8, 4) is 5.75 Å². The molecule has 35 heavy (non-hydrogen) atoms. The molecule has 0 saturated carbocycles. The van der Waals surface area contributed by atoms with Crippen molar-refractivity contribution < 1.29 is 22.7 Å². The van der Waals surface area contributed by atoms with E-state index in [1.807, 2.05) is 45.0 Å². The maximum atomic E-state index is 13.6. The van der Waals surface area contributed by atoms with Gasteiger partial charge in [0.2, 0.25) is 21.8 Å². The number of sulfonamides is 1. The summed E-state index contributed by atoms with van der Waals surface area (Å²) in [6.45, 7) is 7.07. The van der Waals surface area contributed by atoms with Gasteiger partial charge in [0.1, 0.15) is 18.3 Å². The molecule has 192 valence electrons. The minimum absolute atomic E-state index is 0.0608. The second-order valence-electron chi connectivity index (χ2n) is 8.53. The molecular formula is C25H34ClN3O5S. The normalized spacial score (nSPS) is 13.0. The van der Waals surface area contributed by atoms with Gasteiger partial charge in [-0.15, -0.1) is 0 Å². The van der Waals surface area contributed by atoms with Gasteiger partial charge in [0.25, 0.3) is 0 Å². The first-order valence-corrected chi connectivity index (χ1v) is 13.6. The van der Waals surface area contributed by atoms with Crippen molar-refractivity contribution >= 4 is 39.1 Å². The Morgan fingerprint density at radius 3 is 2.34 bits per heavy atom. The summed E-state index contributed by atoms with van der Waals surface area (Å²) >= 11 is 6.21. The number of nitrogens with one attached hydrogen (secondary N) is 1. The number of carbonyl (C=O) groups is 2. The molecule has 0 aliphatic rings. The molecule has 0 aromatic heterocycles. The fourth-order valence-electron chi connectivity index (χ4n) is 3.44. The molecule has 0 radical (unpaired) electrons. The molecule has 0 fully saturated rings. The quantitative estimate of drug-likeness (QED) is 0.484. The minimum atomic E-state index is -3.85. The van der Waals surface area contributed by atoms with Crippen molar-refractivity contribution in [2.75, 3.05) is 24.2 Å². The Labute approximate surface area is 213 Å². The zero-order chi connectivity index (χ0) is 26.3. The zero-order valence-corrected chi connectivity index (χ0v) is 22.6. The first-order valence-electron chi connectivity index (χ1n) is 11.3. The second kappa shape index (κ2) is 12.3. The van der Waals surface area contributed by atoms with E-state index in [-0.39, 0.29) is 29.2 Å². The van der Waals surface area contributed by atoms with Crippen LogP contribution in [0.2, 0.25) is 5.02 Å². The Morgan fingerprint density at radius 2 is 1.80 bits per heavy atom. The highest BCUT2D eigenvalue weighted by Gasteiger charge is 2.31. The van der Waals surface area contributed by atoms with Crippen molar-refractivity contribution in [2.24, 2.45) is 0 Å². The van der Waals surface area contributed by atoms with Gasteiger partial charge in [0, 0.05) is 12.6 Å². The van der Waals surface area contributed by atoms with E-state index in [0.29, 0.717) is 5.75 Å². The molecule has 1 N–H and O–H groups in total. The first-order chi connectivity index (χ1) is 16.4.